The summed E-state index contributed by atoms with van der Waals surface area (Å²) in [5, 5.41) is 0. The van der Waals surface area contributed by atoms with E-state index in [1.807, 2.05) is 48.5 Å². The van der Waals surface area contributed by atoms with Crippen LogP contribution in [0.5, 0.6) is 5.75 Å². The predicted octanol–water partition coefficient (Wildman–Crippen LogP) is 6.48. The number of benzene rings is 3. The first-order chi connectivity index (χ1) is 13.2. The smallest absolute Gasteiger partial charge is 0.343 e. The maximum absolute atomic E-state index is 12.3. The number of aryl methyl sites for hydroxylation is 2. The van der Waals surface area contributed by atoms with Gasteiger partial charge in [-0.15, -0.1) is 0 Å². The average Bonchev–Trinajstić information content (AvgIpc) is 2.73. The van der Waals surface area contributed by atoms with Crippen LogP contribution in [0.1, 0.15) is 48.2 Å². The molecular formula is C25H26O2. The van der Waals surface area contributed by atoms with Gasteiger partial charge in [-0.2, -0.15) is 0 Å². The van der Waals surface area contributed by atoms with Crippen LogP contribution in [0.4, 0.5) is 0 Å². The zero-order chi connectivity index (χ0) is 19.1. The Bertz CT molecular complexity index is 860. The first kappa shape index (κ1) is 18.9. The standard InChI is InChI=1S/C25H26O2/c1-3-5-6-20-9-13-23(14-10-20)25(26)27-24-17-15-22(16-18-24)21-11-7-19(4-2)8-12-21/h7-18H,3-6H2,1-2H3. The van der Waals surface area contributed by atoms with Gasteiger partial charge in [0, 0.05) is 0 Å². The highest BCUT2D eigenvalue weighted by molar-refractivity contribution is 5.91. The van der Waals surface area contributed by atoms with Gasteiger partial charge in [-0.05, 0) is 65.8 Å². The molecule has 138 valence electrons. The zero-order valence-electron chi connectivity index (χ0n) is 16.1. The highest BCUT2D eigenvalue weighted by Crippen LogP contribution is 2.23. The van der Waals surface area contributed by atoms with Crippen LogP contribution >= 0.6 is 0 Å². The Labute approximate surface area is 161 Å². The van der Waals surface area contributed by atoms with E-state index in [-0.39, 0.29) is 5.97 Å². The first-order valence-electron chi connectivity index (χ1n) is 9.70. The van der Waals surface area contributed by atoms with Gasteiger partial charge in [0.25, 0.3) is 0 Å². The van der Waals surface area contributed by atoms with Gasteiger partial charge >= 0.3 is 5.97 Å². The Balaban J connectivity index is 1.64. The fourth-order valence-electron chi connectivity index (χ4n) is 3.00. The number of hydrogen-bond donors (Lipinski definition) is 0. The fourth-order valence-corrected chi connectivity index (χ4v) is 3.00. The van der Waals surface area contributed by atoms with Crippen LogP contribution in [-0.2, 0) is 12.8 Å². The van der Waals surface area contributed by atoms with Crippen LogP contribution in [0.15, 0.2) is 72.8 Å². The molecule has 0 aromatic heterocycles. The lowest BCUT2D eigenvalue weighted by molar-refractivity contribution is 0.0735. The van der Waals surface area contributed by atoms with Crippen LogP contribution in [0, 0.1) is 0 Å². The third-order valence-electron chi connectivity index (χ3n) is 4.77. The summed E-state index contributed by atoms with van der Waals surface area (Å²) in [4.78, 5) is 12.3. The predicted molar refractivity (Wildman–Crippen MR) is 111 cm³/mol. The van der Waals surface area contributed by atoms with Crippen molar-refractivity contribution in [3.8, 4) is 16.9 Å². The third-order valence-corrected chi connectivity index (χ3v) is 4.77. The lowest BCUT2D eigenvalue weighted by Gasteiger charge is -2.07. The minimum Gasteiger partial charge on any atom is -0.423 e. The summed E-state index contributed by atoms with van der Waals surface area (Å²) >= 11 is 0. The van der Waals surface area contributed by atoms with Crippen LogP contribution in [0.2, 0.25) is 0 Å². The molecule has 0 aliphatic heterocycles. The van der Waals surface area contributed by atoms with E-state index in [2.05, 4.69) is 38.1 Å². The van der Waals surface area contributed by atoms with Crippen molar-refractivity contribution in [2.45, 2.75) is 39.5 Å². The van der Waals surface area contributed by atoms with Gasteiger partial charge in [0.05, 0.1) is 5.56 Å². The van der Waals surface area contributed by atoms with E-state index in [1.54, 1.807) is 0 Å². The number of rotatable bonds is 7. The zero-order valence-corrected chi connectivity index (χ0v) is 16.1. The average molecular weight is 358 g/mol. The molecule has 0 saturated carbocycles. The number of unbranched alkanes of at least 4 members (excludes halogenated alkanes) is 1. The lowest BCUT2D eigenvalue weighted by Crippen LogP contribution is -2.08. The molecule has 0 saturated heterocycles. The Kier molecular flexibility index (Phi) is 6.43. The Hall–Kier alpha value is -2.87. The summed E-state index contributed by atoms with van der Waals surface area (Å²) in [7, 11) is 0. The molecule has 2 nitrogen and oxygen atoms in total. The lowest BCUT2D eigenvalue weighted by atomic mass is 10.0. The summed E-state index contributed by atoms with van der Waals surface area (Å²) in [5.74, 6) is 0.237. The van der Waals surface area contributed by atoms with Crippen molar-refractivity contribution in [2.24, 2.45) is 0 Å². The minimum absolute atomic E-state index is 0.322. The molecule has 0 aliphatic carbocycles. The highest BCUT2D eigenvalue weighted by atomic mass is 16.5. The van der Waals surface area contributed by atoms with Crippen LogP contribution in [0.25, 0.3) is 11.1 Å². The Morgan fingerprint density at radius 2 is 1.30 bits per heavy atom. The van der Waals surface area contributed by atoms with Crippen molar-refractivity contribution < 1.29 is 9.53 Å². The molecule has 0 aliphatic rings. The van der Waals surface area contributed by atoms with Crippen LogP contribution in [-0.4, -0.2) is 5.97 Å². The quantitative estimate of drug-likeness (QED) is 0.357. The van der Waals surface area contributed by atoms with E-state index < -0.39 is 0 Å². The number of carbonyl (C=O) groups excluding carboxylic acids is 1. The Morgan fingerprint density at radius 1 is 0.741 bits per heavy atom. The van der Waals surface area contributed by atoms with Crippen molar-refractivity contribution in [1.29, 1.82) is 0 Å². The number of esters is 1. The molecule has 0 radical (unpaired) electrons. The van der Waals surface area contributed by atoms with Gasteiger partial charge < -0.3 is 4.74 Å². The van der Waals surface area contributed by atoms with Gasteiger partial charge in [-0.3, -0.25) is 0 Å². The normalized spacial score (nSPS) is 10.6. The van der Waals surface area contributed by atoms with E-state index >= 15 is 0 Å². The van der Waals surface area contributed by atoms with Crippen molar-refractivity contribution in [1.82, 2.24) is 0 Å². The molecule has 0 bridgehead atoms. The molecule has 0 unspecified atom stereocenters. The first-order valence-corrected chi connectivity index (χ1v) is 9.70. The summed E-state index contributed by atoms with van der Waals surface area (Å²) < 4.78 is 5.51. The highest BCUT2D eigenvalue weighted by Gasteiger charge is 2.09. The molecule has 3 aromatic carbocycles. The maximum Gasteiger partial charge on any atom is 0.343 e. The largest absolute Gasteiger partial charge is 0.423 e. The third kappa shape index (κ3) is 5.07. The molecule has 2 heteroatoms. The molecule has 0 amide bonds. The monoisotopic (exact) mass is 358 g/mol. The fraction of sp³-hybridized carbons (Fsp3) is 0.240. The van der Waals surface area contributed by atoms with Crippen LogP contribution < -0.4 is 4.74 Å². The second-order valence-corrected chi connectivity index (χ2v) is 6.76. The van der Waals surface area contributed by atoms with Crippen molar-refractivity contribution in [2.75, 3.05) is 0 Å². The van der Waals surface area contributed by atoms with Crippen molar-refractivity contribution in [3.63, 3.8) is 0 Å². The summed E-state index contributed by atoms with van der Waals surface area (Å²) in [6.45, 7) is 4.33. The van der Waals surface area contributed by atoms with E-state index in [9.17, 15) is 4.79 Å². The minimum atomic E-state index is -0.322. The summed E-state index contributed by atoms with van der Waals surface area (Å²) in [6.07, 6.45) is 4.42. The molecule has 3 rings (SSSR count). The maximum atomic E-state index is 12.3. The SMILES string of the molecule is CCCCc1ccc(C(=O)Oc2ccc(-c3ccc(CC)cc3)cc2)cc1. The Morgan fingerprint density at radius 3 is 1.85 bits per heavy atom. The molecule has 3 aromatic rings. The van der Waals surface area contributed by atoms with Crippen molar-refractivity contribution >= 4 is 5.97 Å². The molecule has 0 N–H and O–H groups in total. The van der Waals surface area contributed by atoms with E-state index in [0.29, 0.717) is 11.3 Å². The van der Waals surface area contributed by atoms with E-state index in [4.69, 9.17) is 4.74 Å². The number of carbonyl (C=O) groups is 1. The molecule has 0 spiro atoms. The van der Waals surface area contributed by atoms with Gasteiger partial charge in [-0.25, -0.2) is 4.79 Å². The topological polar surface area (TPSA) is 26.3 Å². The van der Waals surface area contributed by atoms with Crippen molar-refractivity contribution in [3.05, 3.63) is 89.5 Å². The van der Waals surface area contributed by atoms with Gasteiger partial charge in [0.15, 0.2) is 0 Å². The number of ether oxygens (including phenoxy) is 1. The van der Waals surface area contributed by atoms with E-state index in [0.717, 1.165) is 30.4 Å². The molecule has 27 heavy (non-hydrogen) atoms. The van der Waals surface area contributed by atoms with Gasteiger partial charge in [-0.1, -0.05) is 68.8 Å². The van der Waals surface area contributed by atoms with Gasteiger partial charge in [0.1, 0.15) is 5.75 Å². The number of hydrogen-bond acceptors (Lipinski definition) is 2. The molecular weight excluding hydrogens is 332 g/mol. The van der Waals surface area contributed by atoms with Crippen LogP contribution in [0.3, 0.4) is 0 Å². The summed E-state index contributed by atoms with van der Waals surface area (Å²) in [5.41, 5.74) is 5.43. The molecule has 0 atom stereocenters. The summed E-state index contributed by atoms with van der Waals surface area (Å²) in [6, 6.07) is 23.9. The second kappa shape index (κ2) is 9.18. The second-order valence-electron chi connectivity index (χ2n) is 6.76. The van der Waals surface area contributed by atoms with E-state index in [1.165, 1.54) is 17.5 Å². The molecule has 0 fully saturated rings. The van der Waals surface area contributed by atoms with Gasteiger partial charge in [0.2, 0.25) is 0 Å². The molecule has 0 heterocycles.